The molecule has 3 rings (SSSR count). The van der Waals surface area contributed by atoms with Crippen LogP contribution in [-0.2, 0) is 0 Å². The Balaban J connectivity index is 1.89. The minimum absolute atomic E-state index is 0.149. The van der Waals surface area contributed by atoms with E-state index in [1.54, 1.807) is 0 Å². The van der Waals surface area contributed by atoms with E-state index in [-0.39, 0.29) is 5.84 Å². The maximum absolute atomic E-state index is 7.74. The SMILES string of the molecule is N=C(N)c1ccc(Br)cc1N1CCN2CCCC2C1. The van der Waals surface area contributed by atoms with Crippen LogP contribution in [-0.4, -0.2) is 43.0 Å². The van der Waals surface area contributed by atoms with Crippen molar-refractivity contribution in [2.24, 2.45) is 5.73 Å². The van der Waals surface area contributed by atoms with Crippen molar-refractivity contribution in [2.45, 2.75) is 18.9 Å². The highest BCUT2D eigenvalue weighted by Gasteiger charge is 2.31. The summed E-state index contributed by atoms with van der Waals surface area (Å²) in [6.45, 7) is 4.44. The second-order valence-electron chi connectivity index (χ2n) is 5.35. The van der Waals surface area contributed by atoms with E-state index in [1.807, 2.05) is 12.1 Å². The fraction of sp³-hybridized carbons (Fsp3) is 0.500. The van der Waals surface area contributed by atoms with E-state index >= 15 is 0 Å². The zero-order valence-corrected chi connectivity index (χ0v) is 12.5. The van der Waals surface area contributed by atoms with Gasteiger partial charge in [0.15, 0.2) is 0 Å². The van der Waals surface area contributed by atoms with Crippen LogP contribution in [0, 0.1) is 5.41 Å². The largest absolute Gasteiger partial charge is 0.384 e. The van der Waals surface area contributed by atoms with Gasteiger partial charge in [0.1, 0.15) is 5.84 Å². The molecule has 0 amide bonds. The van der Waals surface area contributed by atoms with Gasteiger partial charge in [-0.2, -0.15) is 0 Å². The Morgan fingerprint density at radius 1 is 1.32 bits per heavy atom. The number of hydrogen-bond acceptors (Lipinski definition) is 3. The molecule has 2 heterocycles. The van der Waals surface area contributed by atoms with Crippen molar-refractivity contribution in [1.29, 1.82) is 5.41 Å². The van der Waals surface area contributed by atoms with Crippen molar-refractivity contribution < 1.29 is 0 Å². The van der Waals surface area contributed by atoms with E-state index in [0.29, 0.717) is 6.04 Å². The Bertz CT molecular complexity index is 502. The van der Waals surface area contributed by atoms with Gasteiger partial charge in [-0.1, -0.05) is 15.9 Å². The second kappa shape index (κ2) is 5.13. The van der Waals surface area contributed by atoms with Gasteiger partial charge in [-0.05, 0) is 37.6 Å². The average molecular weight is 323 g/mol. The number of benzene rings is 1. The number of nitrogen functional groups attached to an aromatic ring is 1. The number of halogens is 1. The number of fused-ring (bicyclic) bond motifs is 1. The van der Waals surface area contributed by atoms with Crippen LogP contribution in [0.4, 0.5) is 5.69 Å². The van der Waals surface area contributed by atoms with Gasteiger partial charge in [-0.15, -0.1) is 0 Å². The molecule has 19 heavy (non-hydrogen) atoms. The fourth-order valence-electron chi connectivity index (χ4n) is 3.20. The summed E-state index contributed by atoms with van der Waals surface area (Å²) in [5.74, 6) is 0.149. The van der Waals surface area contributed by atoms with Crippen LogP contribution in [0.2, 0.25) is 0 Å². The van der Waals surface area contributed by atoms with Gasteiger partial charge in [0.05, 0.1) is 0 Å². The Morgan fingerprint density at radius 2 is 2.16 bits per heavy atom. The molecule has 2 aliphatic rings. The summed E-state index contributed by atoms with van der Waals surface area (Å²) in [5, 5.41) is 7.74. The van der Waals surface area contributed by atoms with E-state index < -0.39 is 0 Å². The molecule has 102 valence electrons. The Hall–Kier alpha value is -1.07. The third-order valence-corrected chi connectivity index (χ3v) is 4.67. The highest BCUT2D eigenvalue weighted by molar-refractivity contribution is 9.10. The van der Waals surface area contributed by atoms with Crippen LogP contribution in [0.15, 0.2) is 22.7 Å². The molecule has 1 atom stereocenters. The maximum atomic E-state index is 7.74. The molecule has 5 heteroatoms. The molecule has 1 aromatic carbocycles. The molecule has 4 nitrogen and oxygen atoms in total. The highest BCUT2D eigenvalue weighted by Crippen LogP contribution is 2.29. The van der Waals surface area contributed by atoms with Crippen LogP contribution in [0.25, 0.3) is 0 Å². The van der Waals surface area contributed by atoms with Gasteiger partial charge in [0.2, 0.25) is 0 Å². The summed E-state index contributed by atoms with van der Waals surface area (Å²) in [5.41, 5.74) is 7.64. The molecular weight excluding hydrogens is 304 g/mol. The molecule has 2 fully saturated rings. The quantitative estimate of drug-likeness (QED) is 0.647. The molecule has 0 saturated carbocycles. The number of nitrogens with two attached hydrogens (primary N) is 1. The molecule has 2 aliphatic heterocycles. The number of anilines is 1. The molecule has 2 saturated heterocycles. The van der Waals surface area contributed by atoms with E-state index in [2.05, 4.69) is 31.8 Å². The van der Waals surface area contributed by atoms with Gasteiger partial charge < -0.3 is 10.6 Å². The van der Waals surface area contributed by atoms with Crippen LogP contribution in [0.1, 0.15) is 18.4 Å². The Labute approximate surface area is 122 Å². The molecule has 0 spiro atoms. The molecule has 1 unspecified atom stereocenters. The minimum Gasteiger partial charge on any atom is -0.384 e. The molecule has 0 aliphatic carbocycles. The predicted octanol–water partition coefficient (Wildman–Crippen LogP) is 2.02. The van der Waals surface area contributed by atoms with Crippen molar-refractivity contribution in [3.05, 3.63) is 28.2 Å². The number of nitrogens with zero attached hydrogens (tertiary/aromatic N) is 2. The van der Waals surface area contributed by atoms with Crippen LogP contribution < -0.4 is 10.6 Å². The number of nitrogens with one attached hydrogen (secondary N) is 1. The van der Waals surface area contributed by atoms with Crippen molar-refractivity contribution in [1.82, 2.24) is 4.90 Å². The third kappa shape index (κ3) is 2.49. The summed E-state index contributed by atoms with van der Waals surface area (Å²) < 4.78 is 1.04. The first kappa shape index (κ1) is 12.9. The first-order valence-corrected chi connectivity index (χ1v) is 7.57. The summed E-state index contributed by atoms with van der Waals surface area (Å²) in [6, 6.07) is 6.64. The first-order chi connectivity index (χ1) is 9.15. The highest BCUT2D eigenvalue weighted by atomic mass is 79.9. The van der Waals surface area contributed by atoms with Crippen molar-refractivity contribution in [3.63, 3.8) is 0 Å². The zero-order valence-electron chi connectivity index (χ0n) is 10.9. The fourth-order valence-corrected chi connectivity index (χ4v) is 3.55. The van der Waals surface area contributed by atoms with Gasteiger partial charge in [-0.3, -0.25) is 10.3 Å². The zero-order chi connectivity index (χ0) is 13.4. The van der Waals surface area contributed by atoms with Gasteiger partial charge >= 0.3 is 0 Å². The summed E-state index contributed by atoms with van der Waals surface area (Å²) in [7, 11) is 0. The summed E-state index contributed by atoms with van der Waals surface area (Å²) in [4.78, 5) is 4.97. The predicted molar refractivity (Wildman–Crippen MR) is 82.0 cm³/mol. The smallest absolute Gasteiger partial charge is 0.124 e. The number of rotatable bonds is 2. The number of hydrogen-bond donors (Lipinski definition) is 2. The number of amidine groups is 1. The lowest BCUT2D eigenvalue weighted by atomic mass is 10.1. The average Bonchev–Trinajstić information content (AvgIpc) is 2.85. The minimum atomic E-state index is 0.149. The lowest BCUT2D eigenvalue weighted by Crippen LogP contribution is -2.50. The summed E-state index contributed by atoms with van der Waals surface area (Å²) in [6.07, 6.45) is 2.61. The van der Waals surface area contributed by atoms with Crippen molar-refractivity contribution in [2.75, 3.05) is 31.1 Å². The van der Waals surface area contributed by atoms with E-state index in [4.69, 9.17) is 11.1 Å². The normalized spacial score (nSPS) is 23.4. The van der Waals surface area contributed by atoms with E-state index in [9.17, 15) is 0 Å². The maximum Gasteiger partial charge on any atom is 0.124 e. The molecule has 0 aromatic heterocycles. The number of piperazine rings is 1. The topological polar surface area (TPSA) is 56.4 Å². The Kier molecular flexibility index (Phi) is 3.50. The Morgan fingerprint density at radius 3 is 2.95 bits per heavy atom. The van der Waals surface area contributed by atoms with Gasteiger partial charge in [0, 0.05) is 41.4 Å². The van der Waals surface area contributed by atoms with Gasteiger partial charge in [-0.25, -0.2) is 0 Å². The molecule has 3 N–H and O–H groups in total. The van der Waals surface area contributed by atoms with Crippen molar-refractivity contribution in [3.8, 4) is 0 Å². The molecule has 0 radical (unpaired) electrons. The third-order valence-electron chi connectivity index (χ3n) is 4.18. The van der Waals surface area contributed by atoms with E-state index in [1.165, 1.54) is 19.4 Å². The second-order valence-corrected chi connectivity index (χ2v) is 6.27. The van der Waals surface area contributed by atoms with Crippen LogP contribution in [0.3, 0.4) is 0 Å². The lowest BCUT2D eigenvalue weighted by molar-refractivity contribution is 0.231. The van der Waals surface area contributed by atoms with E-state index in [0.717, 1.165) is 35.4 Å². The first-order valence-electron chi connectivity index (χ1n) is 6.78. The monoisotopic (exact) mass is 322 g/mol. The molecule has 1 aromatic rings. The molecule has 0 bridgehead atoms. The van der Waals surface area contributed by atoms with Crippen molar-refractivity contribution >= 4 is 27.5 Å². The van der Waals surface area contributed by atoms with Crippen LogP contribution >= 0.6 is 15.9 Å². The van der Waals surface area contributed by atoms with Crippen LogP contribution in [0.5, 0.6) is 0 Å². The summed E-state index contributed by atoms with van der Waals surface area (Å²) >= 11 is 3.52. The molecular formula is C14H19BrN4. The lowest BCUT2D eigenvalue weighted by Gasteiger charge is -2.39. The van der Waals surface area contributed by atoms with Gasteiger partial charge in [0.25, 0.3) is 0 Å². The standard InChI is InChI=1S/C14H19BrN4/c15-10-3-4-12(14(16)17)13(8-10)19-7-6-18-5-1-2-11(18)9-19/h3-4,8,11H,1-2,5-7,9H2,(H3,16,17).